The van der Waals surface area contributed by atoms with Crippen molar-refractivity contribution in [1.29, 1.82) is 0 Å². The zero-order valence-corrected chi connectivity index (χ0v) is 14.7. The highest BCUT2D eigenvalue weighted by Crippen LogP contribution is 2.39. The second-order valence-electron chi connectivity index (χ2n) is 6.04. The number of rotatable bonds is 3. The van der Waals surface area contributed by atoms with Gasteiger partial charge in [-0.1, -0.05) is 11.6 Å². The molecule has 2 N–H and O–H groups in total. The van der Waals surface area contributed by atoms with Crippen molar-refractivity contribution in [3.8, 4) is 11.4 Å². The molecule has 4 rings (SSSR count). The molecule has 2 aromatic heterocycles. The quantitative estimate of drug-likeness (QED) is 0.823. The number of nitrogens with zero attached hydrogens (tertiary/aromatic N) is 4. The third kappa shape index (κ3) is 3.50. The maximum atomic E-state index is 13.5. The molecule has 142 valence electrons. The first kappa shape index (κ1) is 17.8. The van der Waals surface area contributed by atoms with Crippen molar-refractivity contribution in [3.63, 3.8) is 0 Å². The fraction of sp³-hybridized carbons (Fsp3) is 0.375. The molecule has 1 atom stereocenters. The second kappa shape index (κ2) is 7.20. The van der Waals surface area contributed by atoms with E-state index in [9.17, 15) is 13.6 Å². The lowest BCUT2D eigenvalue weighted by molar-refractivity contribution is -0.0170. The van der Waals surface area contributed by atoms with E-state index in [1.807, 2.05) is 4.90 Å². The molecule has 0 aliphatic carbocycles. The smallest absolute Gasteiger partial charge is 0.413 e. The summed E-state index contributed by atoms with van der Waals surface area (Å²) in [5.74, 6) is 0.604. The largest absolute Gasteiger partial charge is 0.435 e. The van der Waals surface area contributed by atoms with Crippen molar-refractivity contribution in [1.82, 2.24) is 20.3 Å². The molecule has 4 heterocycles. The van der Waals surface area contributed by atoms with Gasteiger partial charge in [-0.2, -0.15) is 0 Å². The number of fused-ring (bicyclic) bond motifs is 1. The molecule has 0 radical (unpaired) electrons. The van der Waals surface area contributed by atoms with Gasteiger partial charge in [-0.3, -0.25) is 5.32 Å². The highest BCUT2D eigenvalue weighted by molar-refractivity contribution is 6.31. The van der Waals surface area contributed by atoms with E-state index in [0.29, 0.717) is 16.5 Å². The Labute approximate surface area is 157 Å². The monoisotopic (exact) mass is 396 g/mol. The van der Waals surface area contributed by atoms with Gasteiger partial charge in [0.25, 0.3) is 6.43 Å². The van der Waals surface area contributed by atoms with Gasteiger partial charge in [-0.15, -0.1) is 0 Å². The molecule has 1 saturated heterocycles. The van der Waals surface area contributed by atoms with Crippen molar-refractivity contribution >= 4 is 29.3 Å². The lowest BCUT2D eigenvalue weighted by Crippen LogP contribution is -2.43. The predicted molar refractivity (Wildman–Crippen MR) is 94.2 cm³/mol. The van der Waals surface area contributed by atoms with Crippen molar-refractivity contribution < 1.29 is 18.3 Å². The highest BCUT2D eigenvalue weighted by Gasteiger charge is 2.37. The lowest BCUT2D eigenvalue weighted by Gasteiger charge is -2.29. The van der Waals surface area contributed by atoms with Gasteiger partial charge in [0, 0.05) is 31.2 Å². The Bertz CT molecular complexity index is 878. The zero-order valence-electron chi connectivity index (χ0n) is 14.0. The maximum Gasteiger partial charge on any atom is 0.413 e. The van der Waals surface area contributed by atoms with Gasteiger partial charge in [-0.05, 0) is 12.1 Å². The van der Waals surface area contributed by atoms with Crippen LogP contribution in [0.1, 0.15) is 11.7 Å². The minimum atomic E-state index is -2.94. The Kier molecular flexibility index (Phi) is 4.75. The van der Waals surface area contributed by atoms with Gasteiger partial charge < -0.3 is 15.0 Å². The van der Waals surface area contributed by atoms with Crippen LogP contribution in [0.5, 0.6) is 0 Å². The van der Waals surface area contributed by atoms with E-state index >= 15 is 0 Å². The number of alkyl halides is 2. The van der Waals surface area contributed by atoms with Gasteiger partial charge in [0.2, 0.25) is 0 Å². The summed E-state index contributed by atoms with van der Waals surface area (Å²) in [6, 6.07) is 3.25. The first-order valence-corrected chi connectivity index (χ1v) is 8.65. The van der Waals surface area contributed by atoms with Crippen LogP contribution >= 0.6 is 11.6 Å². The first-order valence-electron chi connectivity index (χ1n) is 8.27. The number of amides is 1. The summed E-state index contributed by atoms with van der Waals surface area (Å²) in [6.07, 6.45) is -4.53. The maximum absolute atomic E-state index is 13.5. The molecule has 0 saturated carbocycles. The third-order valence-corrected chi connectivity index (χ3v) is 4.53. The van der Waals surface area contributed by atoms with Gasteiger partial charge in [0.1, 0.15) is 23.7 Å². The van der Waals surface area contributed by atoms with Crippen molar-refractivity contribution in [2.24, 2.45) is 0 Å². The summed E-state index contributed by atoms with van der Waals surface area (Å²) in [6.45, 7) is 3.10. The van der Waals surface area contributed by atoms with E-state index in [1.165, 1.54) is 12.4 Å². The van der Waals surface area contributed by atoms with Gasteiger partial charge >= 0.3 is 6.09 Å². The van der Waals surface area contributed by atoms with Crippen LogP contribution < -0.4 is 15.5 Å². The molecule has 2 aromatic rings. The highest BCUT2D eigenvalue weighted by atomic mass is 35.5. The predicted octanol–water partition coefficient (Wildman–Crippen LogP) is 2.47. The van der Waals surface area contributed by atoms with Crippen LogP contribution in [0, 0.1) is 0 Å². The van der Waals surface area contributed by atoms with E-state index in [2.05, 4.69) is 25.6 Å². The molecule has 2 aliphatic heterocycles. The number of carbonyl (C=O) groups is 1. The van der Waals surface area contributed by atoms with Crippen LogP contribution in [0.4, 0.5) is 25.2 Å². The molecule has 11 heteroatoms. The molecule has 2 aliphatic rings. The number of carbonyl (C=O) groups excluding carboxylic acids is 1. The number of hydrogen-bond acceptors (Lipinski definition) is 7. The summed E-state index contributed by atoms with van der Waals surface area (Å²) in [4.78, 5) is 26.1. The van der Waals surface area contributed by atoms with E-state index < -0.39 is 18.6 Å². The number of anilines is 2. The second-order valence-corrected chi connectivity index (χ2v) is 6.47. The normalized spacial score (nSPS) is 19.5. The van der Waals surface area contributed by atoms with Gasteiger partial charge in [-0.25, -0.2) is 28.5 Å². The zero-order chi connectivity index (χ0) is 19.0. The summed E-state index contributed by atoms with van der Waals surface area (Å²) < 4.78 is 31.7. The number of halogens is 3. The third-order valence-electron chi connectivity index (χ3n) is 4.31. The van der Waals surface area contributed by atoms with E-state index in [0.717, 1.165) is 26.2 Å². The summed E-state index contributed by atoms with van der Waals surface area (Å²) in [5, 5.41) is 5.97. The average Bonchev–Trinajstić information content (AvgIpc) is 2.66. The summed E-state index contributed by atoms with van der Waals surface area (Å²) in [5.41, 5.74) is 0.428. The van der Waals surface area contributed by atoms with E-state index in [1.54, 1.807) is 6.07 Å². The van der Waals surface area contributed by atoms with Crippen molar-refractivity contribution in [3.05, 3.63) is 29.0 Å². The van der Waals surface area contributed by atoms with E-state index in [4.69, 9.17) is 16.3 Å². The minimum absolute atomic E-state index is 0.0203. The van der Waals surface area contributed by atoms with Crippen LogP contribution in [0.25, 0.3) is 11.4 Å². The van der Waals surface area contributed by atoms with Crippen LogP contribution in [0.15, 0.2) is 18.5 Å². The summed E-state index contributed by atoms with van der Waals surface area (Å²) in [7, 11) is 0. The number of aromatic nitrogens is 3. The van der Waals surface area contributed by atoms with Crippen LogP contribution in [0.3, 0.4) is 0 Å². The van der Waals surface area contributed by atoms with Crippen LogP contribution in [-0.2, 0) is 4.74 Å². The Morgan fingerprint density at radius 1 is 1.26 bits per heavy atom. The Balaban J connectivity index is 1.81. The number of cyclic esters (lactones) is 1. The molecule has 8 nitrogen and oxygen atoms in total. The van der Waals surface area contributed by atoms with Crippen LogP contribution in [-0.4, -0.2) is 53.6 Å². The topological polar surface area (TPSA) is 92.3 Å². The number of piperazine rings is 1. The van der Waals surface area contributed by atoms with E-state index in [-0.39, 0.29) is 17.1 Å². The van der Waals surface area contributed by atoms with Gasteiger partial charge in [0.15, 0.2) is 6.10 Å². The Hall–Kier alpha value is -2.59. The fourth-order valence-electron chi connectivity index (χ4n) is 3.11. The Morgan fingerprint density at radius 2 is 2.04 bits per heavy atom. The van der Waals surface area contributed by atoms with Crippen molar-refractivity contribution in [2.75, 3.05) is 36.4 Å². The summed E-state index contributed by atoms with van der Waals surface area (Å²) >= 11 is 6.25. The van der Waals surface area contributed by atoms with Crippen molar-refractivity contribution in [2.45, 2.75) is 12.5 Å². The standard InChI is InChI=1S/C16H15ClF2N6O2/c17-8-5-9(23-10(6-8)25-3-1-20-2-4-25)12-11-13(14(18)19)27-16(26)24-15(11)22-7-21-12/h5-7,13-14,20H,1-4H2,(H,21,22,24,26). The van der Waals surface area contributed by atoms with Crippen LogP contribution in [0.2, 0.25) is 5.02 Å². The molecule has 1 unspecified atom stereocenters. The molecular formula is C16H15ClF2N6O2. The lowest BCUT2D eigenvalue weighted by atomic mass is 10.0. The molecule has 0 bridgehead atoms. The average molecular weight is 397 g/mol. The number of nitrogens with one attached hydrogen (secondary N) is 2. The molecule has 0 spiro atoms. The molecular weight excluding hydrogens is 382 g/mol. The number of pyridine rings is 1. The first-order chi connectivity index (χ1) is 13.0. The fourth-order valence-corrected chi connectivity index (χ4v) is 3.31. The minimum Gasteiger partial charge on any atom is -0.435 e. The number of ether oxygens (including phenoxy) is 1. The number of hydrogen-bond donors (Lipinski definition) is 2. The molecule has 1 amide bonds. The molecule has 0 aromatic carbocycles. The van der Waals surface area contributed by atoms with Gasteiger partial charge in [0.05, 0.1) is 11.3 Å². The SMILES string of the molecule is O=C1Nc2ncnc(-c3cc(Cl)cc(N4CCNCC4)n3)c2C(C(F)F)O1. The molecule has 27 heavy (non-hydrogen) atoms. The molecule has 1 fully saturated rings. The Morgan fingerprint density at radius 3 is 2.78 bits per heavy atom.